The number of benzene rings is 1. The summed E-state index contributed by atoms with van der Waals surface area (Å²) in [6.45, 7) is 4.07. The standard InChI is InChI=1S/C19H20N4OS2/c1-3-7-15-10-13(2)20-18(21-15)26-12-17(24)23-19-22-16(11-25-19)14-8-5-4-6-9-14/h4-6,8-11H,3,7,12H2,1-2H3,(H,22,23,24). The van der Waals surface area contributed by atoms with E-state index in [9.17, 15) is 4.79 Å². The molecule has 0 saturated carbocycles. The number of aryl methyl sites for hydroxylation is 2. The molecule has 134 valence electrons. The fourth-order valence-corrected chi connectivity index (χ4v) is 3.87. The maximum absolute atomic E-state index is 12.2. The number of thioether (sulfide) groups is 1. The molecular formula is C19H20N4OS2. The molecule has 0 radical (unpaired) electrons. The molecule has 0 aliphatic rings. The molecule has 1 amide bonds. The van der Waals surface area contributed by atoms with Crippen molar-refractivity contribution >= 4 is 34.1 Å². The lowest BCUT2D eigenvalue weighted by Gasteiger charge is -2.05. The van der Waals surface area contributed by atoms with Gasteiger partial charge in [0.05, 0.1) is 11.4 Å². The molecule has 1 N–H and O–H groups in total. The van der Waals surface area contributed by atoms with Gasteiger partial charge in [0.25, 0.3) is 0 Å². The highest BCUT2D eigenvalue weighted by Crippen LogP contribution is 2.25. The maximum Gasteiger partial charge on any atom is 0.236 e. The van der Waals surface area contributed by atoms with E-state index in [0.717, 1.165) is 35.5 Å². The smallest absolute Gasteiger partial charge is 0.236 e. The van der Waals surface area contributed by atoms with E-state index in [0.29, 0.717) is 10.3 Å². The second kappa shape index (κ2) is 8.91. The zero-order valence-corrected chi connectivity index (χ0v) is 16.4. The molecule has 0 aliphatic carbocycles. The van der Waals surface area contributed by atoms with Crippen LogP contribution in [0.15, 0.2) is 46.9 Å². The summed E-state index contributed by atoms with van der Waals surface area (Å²) in [5.41, 5.74) is 3.86. The lowest BCUT2D eigenvalue weighted by atomic mass is 10.2. The van der Waals surface area contributed by atoms with Crippen LogP contribution in [0.3, 0.4) is 0 Å². The summed E-state index contributed by atoms with van der Waals surface area (Å²) in [5, 5.41) is 6.04. The highest BCUT2D eigenvalue weighted by Gasteiger charge is 2.10. The van der Waals surface area contributed by atoms with Crippen LogP contribution in [-0.2, 0) is 11.2 Å². The molecule has 1 aromatic carbocycles. The Hall–Kier alpha value is -2.25. The lowest BCUT2D eigenvalue weighted by Crippen LogP contribution is -2.14. The van der Waals surface area contributed by atoms with E-state index in [1.165, 1.54) is 23.1 Å². The third-order valence-corrected chi connectivity index (χ3v) is 5.15. The second-order valence-corrected chi connectivity index (χ2v) is 7.57. The molecule has 2 aromatic heterocycles. The van der Waals surface area contributed by atoms with Gasteiger partial charge in [-0.15, -0.1) is 11.3 Å². The Kier molecular flexibility index (Phi) is 6.35. The summed E-state index contributed by atoms with van der Waals surface area (Å²) in [6, 6.07) is 11.9. The molecule has 0 saturated heterocycles. The van der Waals surface area contributed by atoms with Crippen molar-refractivity contribution in [3.05, 3.63) is 53.2 Å². The minimum absolute atomic E-state index is 0.105. The first-order valence-corrected chi connectivity index (χ1v) is 10.3. The Morgan fingerprint density at radius 3 is 2.77 bits per heavy atom. The molecule has 0 bridgehead atoms. The number of anilines is 1. The van der Waals surface area contributed by atoms with Gasteiger partial charge >= 0.3 is 0 Å². The van der Waals surface area contributed by atoms with Gasteiger partial charge in [-0.2, -0.15) is 0 Å². The average molecular weight is 385 g/mol. The summed E-state index contributed by atoms with van der Waals surface area (Å²) in [4.78, 5) is 25.6. The van der Waals surface area contributed by atoms with E-state index < -0.39 is 0 Å². The van der Waals surface area contributed by atoms with Crippen LogP contribution in [0.5, 0.6) is 0 Å². The van der Waals surface area contributed by atoms with Crippen molar-refractivity contribution in [2.75, 3.05) is 11.1 Å². The SMILES string of the molecule is CCCc1cc(C)nc(SCC(=O)Nc2nc(-c3ccccc3)cs2)n1. The van der Waals surface area contributed by atoms with Crippen molar-refractivity contribution in [2.24, 2.45) is 0 Å². The molecule has 26 heavy (non-hydrogen) atoms. The Morgan fingerprint density at radius 2 is 2.00 bits per heavy atom. The van der Waals surface area contributed by atoms with Crippen molar-refractivity contribution < 1.29 is 4.79 Å². The van der Waals surface area contributed by atoms with E-state index >= 15 is 0 Å². The van der Waals surface area contributed by atoms with Crippen LogP contribution >= 0.6 is 23.1 Å². The van der Waals surface area contributed by atoms with Gasteiger partial charge in [0.2, 0.25) is 5.91 Å². The number of carbonyl (C=O) groups excluding carboxylic acids is 1. The van der Waals surface area contributed by atoms with E-state index in [4.69, 9.17) is 0 Å². The van der Waals surface area contributed by atoms with Crippen molar-refractivity contribution in [2.45, 2.75) is 31.8 Å². The highest BCUT2D eigenvalue weighted by molar-refractivity contribution is 7.99. The normalized spacial score (nSPS) is 10.7. The Bertz CT molecular complexity index is 880. The van der Waals surface area contributed by atoms with Gasteiger partial charge in [0, 0.05) is 22.3 Å². The molecule has 0 unspecified atom stereocenters. The van der Waals surface area contributed by atoms with Crippen molar-refractivity contribution in [3.8, 4) is 11.3 Å². The Morgan fingerprint density at radius 1 is 1.19 bits per heavy atom. The number of thiazole rings is 1. The van der Waals surface area contributed by atoms with Crippen LogP contribution in [0, 0.1) is 6.92 Å². The minimum atomic E-state index is -0.105. The van der Waals surface area contributed by atoms with Crippen LogP contribution in [0.1, 0.15) is 24.7 Å². The average Bonchev–Trinajstić information content (AvgIpc) is 3.09. The number of carbonyl (C=O) groups is 1. The van der Waals surface area contributed by atoms with Gasteiger partial charge in [-0.3, -0.25) is 4.79 Å². The first-order valence-electron chi connectivity index (χ1n) is 8.42. The largest absolute Gasteiger partial charge is 0.301 e. The van der Waals surface area contributed by atoms with Crippen molar-refractivity contribution in [3.63, 3.8) is 0 Å². The van der Waals surface area contributed by atoms with Crippen molar-refractivity contribution in [1.82, 2.24) is 15.0 Å². The molecular weight excluding hydrogens is 364 g/mol. The number of amides is 1. The van der Waals surface area contributed by atoms with Crippen LogP contribution in [0.4, 0.5) is 5.13 Å². The van der Waals surface area contributed by atoms with Gasteiger partial charge in [0.15, 0.2) is 10.3 Å². The van der Waals surface area contributed by atoms with E-state index in [1.54, 1.807) is 0 Å². The summed E-state index contributed by atoms with van der Waals surface area (Å²) in [7, 11) is 0. The van der Waals surface area contributed by atoms with Crippen LogP contribution in [0.2, 0.25) is 0 Å². The van der Waals surface area contributed by atoms with Gasteiger partial charge in [-0.25, -0.2) is 15.0 Å². The zero-order valence-electron chi connectivity index (χ0n) is 14.7. The van der Waals surface area contributed by atoms with Gasteiger partial charge in [0.1, 0.15) is 0 Å². The summed E-state index contributed by atoms with van der Waals surface area (Å²) >= 11 is 2.77. The minimum Gasteiger partial charge on any atom is -0.301 e. The van der Waals surface area contributed by atoms with Gasteiger partial charge in [-0.1, -0.05) is 55.4 Å². The fourth-order valence-electron chi connectivity index (χ4n) is 2.41. The van der Waals surface area contributed by atoms with Crippen molar-refractivity contribution in [1.29, 1.82) is 0 Å². The number of nitrogens with zero attached hydrogens (tertiary/aromatic N) is 3. The molecule has 0 spiro atoms. The first kappa shape index (κ1) is 18.5. The number of rotatable bonds is 7. The molecule has 3 rings (SSSR count). The monoisotopic (exact) mass is 384 g/mol. The zero-order chi connectivity index (χ0) is 18.4. The molecule has 2 heterocycles. The van der Waals surface area contributed by atoms with Crippen LogP contribution in [0.25, 0.3) is 11.3 Å². The number of hydrogen-bond acceptors (Lipinski definition) is 6. The van der Waals surface area contributed by atoms with E-state index in [1.807, 2.05) is 48.7 Å². The summed E-state index contributed by atoms with van der Waals surface area (Å²) in [6.07, 6.45) is 1.96. The van der Waals surface area contributed by atoms with Crippen LogP contribution < -0.4 is 5.32 Å². The van der Waals surface area contributed by atoms with Gasteiger partial charge in [-0.05, 0) is 19.4 Å². The molecule has 0 atom stereocenters. The molecule has 5 nitrogen and oxygen atoms in total. The van der Waals surface area contributed by atoms with Gasteiger partial charge < -0.3 is 5.32 Å². The van der Waals surface area contributed by atoms with E-state index in [-0.39, 0.29) is 11.7 Å². The molecule has 0 fully saturated rings. The highest BCUT2D eigenvalue weighted by atomic mass is 32.2. The predicted molar refractivity (Wildman–Crippen MR) is 108 cm³/mol. The molecule has 0 aliphatic heterocycles. The summed E-state index contributed by atoms with van der Waals surface area (Å²) in [5.74, 6) is 0.154. The van der Waals surface area contributed by atoms with Crippen LogP contribution in [-0.4, -0.2) is 26.6 Å². The fraction of sp³-hybridized carbons (Fsp3) is 0.263. The molecule has 7 heteroatoms. The maximum atomic E-state index is 12.2. The Labute approximate surface area is 161 Å². The second-order valence-electron chi connectivity index (χ2n) is 5.77. The topological polar surface area (TPSA) is 67.8 Å². The third kappa shape index (κ3) is 5.12. The summed E-state index contributed by atoms with van der Waals surface area (Å²) < 4.78 is 0. The third-order valence-electron chi connectivity index (χ3n) is 3.55. The predicted octanol–water partition coefficient (Wildman–Crippen LogP) is 4.59. The van der Waals surface area contributed by atoms with E-state index in [2.05, 4.69) is 27.2 Å². The Balaban J connectivity index is 1.57. The quantitative estimate of drug-likeness (QED) is 0.476. The molecule has 3 aromatic rings. The lowest BCUT2D eigenvalue weighted by molar-refractivity contribution is -0.113. The number of aromatic nitrogens is 3. The number of hydrogen-bond donors (Lipinski definition) is 1. The first-order chi connectivity index (χ1) is 12.6. The number of nitrogens with one attached hydrogen (secondary N) is 1.